The van der Waals surface area contributed by atoms with Crippen molar-refractivity contribution >= 4 is 5.91 Å². The molecular formula is C12H19N2O2+. The molecule has 0 aliphatic heterocycles. The molecule has 0 aliphatic rings. The number of nitrogens with zero attached hydrogens (tertiary/aromatic N) is 1. The normalized spacial score (nSPS) is 10.1. The van der Waals surface area contributed by atoms with E-state index in [4.69, 9.17) is 5.11 Å². The number of rotatable bonds is 7. The van der Waals surface area contributed by atoms with Crippen molar-refractivity contribution in [2.75, 3.05) is 13.2 Å². The Morgan fingerprint density at radius 2 is 1.94 bits per heavy atom. The van der Waals surface area contributed by atoms with Crippen LogP contribution in [0.2, 0.25) is 0 Å². The van der Waals surface area contributed by atoms with Crippen molar-refractivity contribution in [2.45, 2.75) is 25.8 Å². The number of pyridine rings is 1. The third kappa shape index (κ3) is 5.46. The molecule has 16 heavy (non-hydrogen) atoms. The van der Waals surface area contributed by atoms with Gasteiger partial charge in [0.1, 0.15) is 6.54 Å². The maximum absolute atomic E-state index is 11.2. The van der Waals surface area contributed by atoms with E-state index < -0.39 is 0 Å². The van der Waals surface area contributed by atoms with E-state index >= 15 is 0 Å². The van der Waals surface area contributed by atoms with Crippen LogP contribution in [0.25, 0.3) is 0 Å². The summed E-state index contributed by atoms with van der Waals surface area (Å²) in [6, 6.07) is 5.97. The Morgan fingerprint density at radius 1 is 1.19 bits per heavy atom. The summed E-state index contributed by atoms with van der Waals surface area (Å²) in [6.07, 6.45) is 6.44. The van der Waals surface area contributed by atoms with Crippen LogP contribution in [0.3, 0.4) is 0 Å². The number of aliphatic hydroxyl groups is 1. The van der Waals surface area contributed by atoms with Gasteiger partial charge in [-0.1, -0.05) is 6.07 Å². The summed E-state index contributed by atoms with van der Waals surface area (Å²) in [6.45, 7) is 1.30. The Labute approximate surface area is 95.9 Å². The van der Waals surface area contributed by atoms with Crippen LogP contribution in [0.15, 0.2) is 30.6 Å². The van der Waals surface area contributed by atoms with Crippen molar-refractivity contribution in [3.8, 4) is 0 Å². The minimum atomic E-state index is 0.00556. The molecule has 0 saturated heterocycles. The lowest BCUT2D eigenvalue weighted by molar-refractivity contribution is -0.697. The van der Waals surface area contributed by atoms with Crippen molar-refractivity contribution in [1.29, 1.82) is 0 Å². The predicted octanol–water partition coefficient (Wildman–Crippen LogP) is 0.253. The first-order chi connectivity index (χ1) is 7.83. The zero-order valence-corrected chi connectivity index (χ0v) is 9.43. The average Bonchev–Trinajstić information content (AvgIpc) is 2.33. The van der Waals surface area contributed by atoms with Gasteiger partial charge in [-0.25, -0.2) is 4.57 Å². The second kappa shape index (κ2) is 7.82. The molecule has 4 nitrogen and oxygen atoms in total. The molecule has 0 aromatic carbocycles. The molecule has 0 fully saturated rings. The minimum Gasteiger partial charge on any atom is -0.395 e. The second-order valence-corrected chi connectivity index (χ2v) is 3.64. The fraction of sp³-hybridized carbons (Fsp3) is 0.500. The number of carbonyl (C=O) groups is 1. The van der Waals surface area contributed by atoms with Crippen molar-refractivity contribution in [2.24, 2.45) is 0 Å². The van der Waals surface area contributed by atoms with E-state index in [1.54, 1.807) is 0 Å². The smallest absolute Gasteiger partial charge is 0.220 e. The van der Waals surface area contributed by atoms with Crippen LogP contribution in [-0.4, -0.2) is 24.2 Å². The highest BCUT2D eigenvalue weighted by molar-refractivity contribution is 5.75. The highest BCUT2D eigenvalue weighted by Gasteiger charge is 2.02. The topological polar surface area (TPSA) is 53.2 Å². The molecule has 0 bridgehead atoms. The lowest BCUT2D eigenvalue weighted by Crippen LogP contribution is -2.32. The molecule has 88 valence electrons. The third-order valence-electron chi connectivity index (χ3n) is 2.28. The summed E-state index contributed by atoms with van der Waals surface area (Å²) in [5.74, 6) is 0.0205. The van der Waals surface area contributed by atoms with Gasteiger partial charge in [0, 0.05) is 31.5 Å². The maximum atomic E-state index is 11.2. The lowest BCUT2D eigenvalue weighted by Gasteiger charge is -2.01. The van der Waals surface area contributed by atoms with Gasteiger partial charge in [-0.05, 0) is 6.42 Å². The molecule has 2 N–H and O–H groups in total. The second-order valence-electron chi connectivity index (χ2n) is 3.64. The number of nitrogens with one attached hydrogen (secondary N) is 1. The van der Waals surface area contributed by atoms with Crippen molar-refractivity contribution in [3.63, 3.8) is 0 Å². The monoisotopic (exact) mass is 223 g/mol. The highest BCUT2D eigenvalue weighted by atomic mass is 16.3. The fourth-order valence-electron chi connectivity index (χ4n) is 1.45. The number of hydrogen-bond donors (Lipinski definition) is 2. The predicted molar refractivity (Wildman–Crippen MR) is 60.6 cm³/mol. The number of aliphatic hydroxyl groups excluding tert-OH is 1. The quantitative estimate of drug-likeness (QED) is 0.514. The van der Waals surface area contributed by atoms with Gasteiger partial charge in [-0.2, -0.15) is 0 Å². The zero-order chi connectivity index (χ0) is 11.6. The maximum Gasteiger partial charge on any atom is 0.220 e. The van der Waals surface area contributed by atoms with E-state index in [0.717, 1.165) is 19.4 Å². The van der Waals surface area contributed by atoms with Gasteiger partial charge in [0.2, 0.25) is 5.91 Å². The summed E-state index contributed by atoms with van der Waals surface area (Å²) in [5.41, 5.74) is 0. The van der Waals surface area contributed by atoms with E-state index in [-0.39, 0.29) is 12.5 Å². The van der Waals surface area contributed by atoms with Gasteiger partial charge in [0.25, 0.3) is 0 Å². The molecule has 1 rings (SSSR count). The van der Waals surface area contributed by atoms with E-state index in [0.29, 0.717) is 13.0 Å². The van der Waals surface area contributed by atoms with Gasteiger partial charge < -0.3 is 10.4 Å². The Morgan fingerprint density at radius 3 is 2.62 bits per heavy atom. The molecule has 0 radical (unpaired) electrons. The molecule has 1 amide bonds. The standard InChI is InChI=1S/C12H18N2O2/c15-11-7-13-12(16)6-2-5-10-14-8-3-1-4-9-14/h1,3-4,8-9,15H,2,5-7,10-11H2/p+1. The zero-order valence-electron chi connectivity index (χ0n) is 9.43. The van der Waals surface area contributed by atoms with Gasteiger partial charge in [0.05, 0.1) is 6.61 Å². The molecule has 1 aromatic rings. The molecule has 0 atom stereocenters. The van der Waals surface area contributed by atoms with Crippen LogP contribution >= 0.6 is 0 Å². The summed E-state index contributed by atoms with van der Waals surface area (Å²) >= 11 is 0. The van der Waals surface area contributed by atoms with Crippen LogP contribution in [0.4, 0.5) is 0 Å². The molecule has 0 saturated carbocycles. The first-order valence-corrected chi connectivity index (χ1v) is 5.64. The number of unbranched alkanes of at least 4 members (excludes halogenated alkanes) is 1. The number of amides is 1. The Balaban J connectivity index is 2.06. The minimum absolute atomic E-state index is 0.00556. The Hall–Kier alpha value is -1.42. The number of aromatic nitrogens is 1. The number of aryl methyl sites for hydroxylation is 1. The van der Waals surface area contributed by atoms with Crippen molar-refractivity contribution < 1.29 is 14.5 Å². The van der Waals surface area contributed by atoms with Crippen LogP contribution < -0.4 is 9.88 Å². The first-order valence-electron chi connectivity index (χ1n) is 5.64. The average molecular weight is 223 g/mol. The van der Waals surface area contributed by atoms with Crippen LogP contribution in [-0.2, 0) is 11.3 Å². The van der Waals surface area contributed by atoms with Crippen LogP contribution in [0.1, 0.15) is 19.3 Å². The van der Waals surface area contributed by atoms with E-state index in [1.807, 2.05) is 30.6 Å². The van der Waals surface area contributed by atoms with Crippen molar-refractivity contribution in [3.05, 3.63) is 30.6 Å². The Kier molecular flexibility index (Phi) is 6.18. The van der Waals surface area contributed by atoms with E-state index in [9.17, 15) is 4.79 Å². The number of carbonyl (C=O) groups excluding carboxylic acids is 1. The SMILES string of the molecule is O=C(CCCC[n+]1ccccc1)NCCO. The van der Waals surface area contributed by atoms with E-state index in [2.05, 4.69) is 9.88 Å². The molecule has 0 spiro atoms. The third-order valence-corrected chi connectivity index (χ3v) is 2.28. The summed E-state index contributed by atoms with van der Waals surface area (Å²) in [7, 11) is 0. The van der Waals surface area contributed by atoms with Crippen LogP contribution in [0, 0.1) is 0 Å². The summed E-state index contributed by atoms with van der Waals surface area (Å²) < 4.78 is 2.10. The summed E-state index contributed by atoms with van der Waals surface area (Å²) in [5, 5.41) is 11.2. The largest absolute Gasteiger partial charge is 0.395 e. The molecule has 1 heterocycles. The Bertz CT molecular complexity index is 301. The lowest BCUT2D eigenvalue weighted by atomic mass is 10.2. The van der Waals surface area contributed by atoms with Gasteiger partial charge in [-0.15, -0.1) is 0 Å². The van der Waals surface area contributed by atoms with Crippen molar-refractivity contribution in [1.82, 2.24) is 5.32 Å². The fourth-order valence-corrected chi connectivity index (χ4v) is 1.45. The molecular weight excluding hydrogens is 204 g/mol. The molecule has 0 aliphatic carbocycles. The molecule has 4 heteroatoms. The molecule has 0 unspecified atom stereocenters. The number of hydrogen-bond acceptors (Lipinski definition) is 2. The summed E-state index contributed by atoms with van der Waals surface area (Å²) in [4.78, 5) is 11.2. The van der Waals surface area contributed by atoms with E-state index in [1.165, 1.54) is 0 Å². The first kappa shape index (κ1) is 12.6. The van der Waals surface area contributed by atoms with Crippen LogP contribution in [0.5, 0.6) is 0 Å². The van der Waals surface area contributed by atoms with Gasteiger partial charge >= 0.3 is 0 Å². The highest BCUT2D eigenvalue weighted by Crippen LogP contribution is 1.95. The molecule has 1 aromatic heterocycles. The van der Waals surface area contributed by atoms with Gasteiger partial charge in [0.15, 0.2) is 12.4 Å². The van der Waals surface area contributed by atoms with Gasteiger partial charge in [-0.3, -0.25) is 4.79 Å².